The minimum absolute atomic E-state index is 0.0568. The molecule has 1 aromatic rings. The number of hydrogen-bond acceptors (Lipinski definition) is 5. The van der Waals surface area contributed by atoms with Gasteiger partial charge in [-0.2, -0.15) is 0 Å². The first-order valence-electron chi connectivity index (χ1n) is 5.05. The fourth-order valence-corrected chi connectivity index (χ4v) is 2.10. The zero-order valence-corrected chi connectivity index (χ0v) is 10.4. The van der Waals surface area contributed by atoms with Gasteiger partial charge in [-0.1, -0.05) is 6.92 Å². The lowest BCUT2D eigenvalue weighted by Crippen LogP contribution is -2.17. The van der Waals surface area contributed by atoms with Gasteiger partial charge in [0.05, 0.1) is 16.9 Å². The molecule has 8 nitrogen and oxygen atoms in total. The summed E-state index contributed by atoms with van der Waals surface area (Å²) < 4.78 is 23.7. The number of aryl methyl sites for hydroxylation is 1. The molecule has 0 aliphatic heterocycles. The summed E-state index contributed by atoms with van der Waals surface area (Å²) in [5, 5.41) is 19.4. The van der Waals surface area contributed by atoms with Crippen LogP contribution in [-0.2, 0) is 16.4 Å². The summed E-state index contributed by atoms with van der Waals surface area (Å²) >= 11 is 0. The van der Waals surface area contributed by atoms with E-state index in [1.807, 2.05) is 0 Å². The highest BCUT2D eigenvalue weighted by Crippen LogP contribution is 2.16. The number of aromatic nitrogens is 1. The summed E-state index contributed by atoms with van der Waals surface area (Å²) in [6.45, 7) is 1.36. The lowest BCUT2D eigenvalue weighted by molar-refractivity contribution is -0.384. The van der Waals surface area contributed by atoms with Crippen LogP contribution in [0.3, 0.4) is 0 Å². The number of nitro groups is 1. The quantitative estimate of drug-likeness (QED) is 0.597. The highest BCUT2D eigenvalue weighted by atomic mass is 32.2. The van der Waals surface area contributed by atoms with Gasteiger partial charge < -0.3 is 9.67 Å². The van der Waals surface area contributed by atoms with Crippen molar-refractivity contribution in [1.82, 2.24) is 4.57 Å². The number of nitrogens with zero attached hydrogens (tertiary/aromatic N) is 2. The van der Waals surface area contributed by atoms with Gasteiger partial charge in [0.2, 0.25) is 0 Å². The van der Waals surface area contributed by atoms with E-state index in [0.717, 1.165) is 16.8 Å². The molecule has 0 saturated heterocycles. The monoisotopic (exact) mass is 276 g/mol. The number of rotatable bonds is 6. The molecule has 0 saturated carbocycles. The molecular formula is C9H12N2O6S. The van der Waals surface area contributed by atoms with E-state index < -0.39 is 20.7 Å². The molecule has 0 spiro atoms. The Morgan fingerprint density at radius 3 is 2.61 bits per heavy atom. The van der Waals surface area contributed by atoms with Gasteiger partial charge in [0.25, 0.3) is 5.69 Å². The number of carboxylic acid groups (broad SMARTS) is 1. The molecule has 0 atom stereocenters. The normalized spacial score (nSPS) is 11.4. The van der Waals surface area contributed by atoms with Crippen molar-refractivity contribution in [3.63, 3.8) is 0 Å². The lowest BCUT2D eigenvalue weighted by atomic mass is 10.4. The third-order valence-corrected chi connectivity index (χ3v) is 4.08. The van der Waals surface area contributed by atoms with E-state index in [4.69, 9.17) is 5.11 Å². The van der Waals surface area contributed by atoms with Crippen molar-refractivity contribution >= 4 is 21.5 Å². The third-order valence-electron chi connectivity index (χ3n) is 2.40. The van der Waals surface area contributed by atoms with Crippen LogP contribution in [0, 0.1) is 10.1 Å². The van der Waals surface area contributed by atoms with Gasteiger partial charge in [-0.15, -0.1) is 0 Å². The largest absolute Gasteiger partial charge is 0.477 e. The van der Waals surface area contributed by atoms with E-state index >= 15 is 0 Å². The smallest absolute Gasteiger partial charge is 0.352 e. The van der Waals surface area contributed by atoms with E-state index in [2.05, 4.69) is 0 Å². The highest BCUT2D eigenvalue weighted by molar-refractivity contribution is 7.91. The summed E-state index contributed by atoms with van der Waals surface area (Å²) in [5.41, 5.74) is -0.672. The molecule has 0 amide bonds. The number of hydrogen-bond donors (Lipinski definition) is 1. The van der Waals surface area contributed by atoms with Crippen LogP contribution in [-0.4, -0.2) is 40.5 Å². The predicted octanol–water partition coefficient (Wildman–Crippen LogP) is 0.529. The fraction of sp³-hybridized carbons (Fsp3) is 0.444. The van der Waals surface area contributed by atoms with Crippen molar-refractivity contribution in [2.45, 2.75) is 13.5 Å². The molecule has 0 fully saturated rings. The van der Waals surface area contributed by atoms with Crippen LogP contribution in [0.2, 0.25) is 0 Å². The van der Waals surface area contributed by atoms with E-state index in [1.165, 1.54) is 6.92 Å². The molecule has 0 unspecified atom stereocenters. The van der Waals surface area contributed by atoms with E-state index in [-0.39, 0.29) is 29.4 Å². The second-order valence-corrected chi connectivity index (χ2v) is 6.05. The van der Waals surface area contributed by atoms with Gasteiger partial charge >= 0.3 is 5.97 Å². The molecule has 9 heteroatoms. The Hall–Kier alpha value is -1.90. The predicted molar refractivity (Wildman–Crippen MR) is 62.4 cm³/mol. The molecule has 0 radical (unpaired) electrons. The molecule has 1 rings (SSSR count). The molecule has 0 aliphatic rings. The Balaban J connectivity index is 3.01. The Kier molecular flexibility index (Phi) is 4.07. The number of sulfone groups is 1. The Labute approximate surface area is 103 Å². The van der Waals surface area contributed by atoms with Gasteiger partial charge in [0, 0.05) is 18.4 Å². The van der Waals surface area contributed by atoms with E-state index in [9.17, 15) is 23.3 Å². The minimum Gasteiger partial charge on any atom is -0.477 e. The van der Waals surface area contributed by atoms with Gasteiger partial charge in [0.15, 0.2) is 9.84 Å². The van der Waals surface area contributed by atoms with E-state index in [0.29, 0.717) is 0 Å². The molecule has 1 heterocycles. The highest BCUT2D eigenvalue weighted by Gasteiger charge is 2.19. The standard InChI is InChI=1S/C9H12N2O6S/c1-2-18(16,17)4-3-10-6-7(11(14)15)5-8(10)9(12)13/h5-6H,2-4H2,1H3,(H,12,13). The van der Waals surface area contributed by atoms with Crippen LogP contribution in [0.25, 0.3) is 0 Å². The first kappa shape index (κ1) is 14.2. The summed E-state index contributed by atoms with van der Waals surface area (Å²) in [6.07, 6.45) is 1.02. The zero-order chi connectivity index (χ0) is 13.9. The Bertz CT molecular complexity index is 574. The second kappa shape index (κ2) is 5.17. The van der Waals surface area contributed by atoms with Crippen molar-refractivity contribution in [3.05, 3.63) is 28.1 Å². The second-order valence-electron chi connectivity index (χ2n) is 3.58. The molecular weight excluding hydrogens is 264 g/mol. The van der Waals surface area contributed by atoms with Crippen LogP contribution >= 0.6 is 0 Å². The third kappa shape index (κ3) is 3.29. The zero-order valence-electron chi connectivity index (χ0n) is 9.57. The summed E-state index contributed by atoms with van der Waals surface area (Å²) in [7, 11) is -3.25. The maximum Gasteiger partial charge on any atom is 0.352 e. The minimum atomic E-state index is -3.25. The van der Waals surface area contributed by atoms with Crippen LogP contribution in [0.15, 0.2) is 12.3 Å². The average Bonchev–Trinajstić information content (AvgIpc) is 2.71. The Morgan fingerprint density at radius 1 is 1.56 bits per heavy atom. The van der Waals surface area contributed by atoms with Crippen LogP contribution in [0.4, 0.5) is 5.69 Å². The van der Waals surface area contributed by atoms with Crippen molar-refractivity contribution in [1.29, 1.82) is 0 Å². The molecule has 100 valence electrons. The lowest BCUT2D eigenvalue weighted by Gasteiger charge is -2.05. The molecule has 1 N–H and O–H groups in total. The van der Waals surface area contributed by atoms with Gasteiger partial charge in [-0.3, -0.25) is 10.1 Å². The molecule has 18 heavy (non-hydrogen) atoms. The summed E-state index contributed by atoms with van der Waals surface area (Å²) in [4.78, 5) is 20.7. The number of carboxylic acids is 1. The van der Waals surface area contributed by atoms with Crippen molar-refractivity contribution in [3.8, 4) is 0 Å². The van der Waals surface area contributed by atoms with Crippen molar-refractivity contribution in [2.24, 2.45) is 0 Å². The SMILES string of the molecule is CCS(=O)(=O)CCn1cc([N+](=O)[O-])cc1C(=O)O. The van der Waals surface area contributed by atoms with E-state index in [1.54, 1.807) is 0 Å². The van der Waals surface area contributed by atoms with Gasteiger partial charge in [0.1, 0.15) is 5.69 Å². The number of carbonyl (C=O) groups is 1. The molecule has 0 aromatic carbocycles. The van der Waals surface area contributed by atoms with Crippen LogP contribution in [0.5, 0.6) is 0 Å². The first-order chi connectivity index (χ1) is 8.26. The number of aromatic carboxylic acids is 1. The van der Waals surface area contributed by atoms with Crippen LogP contribution in [0.1, 0.15) is 17.4 Å². The molecule has 0 aliphatic carbocycles. The van der Waals surface area contributed by atoms with Crippen molar-refractivity contribution in [2.75, 3.05) is 11.5 Å². The topological polar surface area (TPSA) is 120 Å². The summed E-state index contributed by atoms with van der Waals surface area (Å²) in [6, 6.07) is 0.904. The summed E-state index contributed by atoms with van der Waals surface area (Å²) in [5.74, 6) is -1.65. The molecule has 1 aromatic heterocycles. The first-order valence-corrected chi connectivity index (χ1v) is 6.87. The van der Waals surface area contributed by atoms with Gasteiger partial charge in [-0.25, -0.2) is 13.2 Å². The average molecular weight is 276 g/mol. The van der Waals surface area contributed by atoms with Gasteiger partial charge in [-0.05, 0) is 0 Å². The fourth-order valence-electron chi connectivity index (χ4n) is 1.34. The maximum atomic E-state index is 11.3. The Morgan fingerprint density at radius 2 is 2.17 bits per heavy atom. The maximum absolute atomic E-state index is 11.3. The van der Waals surface area contributed by atoms with Crippen molar-refractivity contribution < 1.29 is 23.2 Å². The van der Waals surface area contributed by atoms with Crippen LogP contribution < -0.4 is 0 Å². The molecule has 0 bridgehead atoms.